The highest BCUT2D eigenvalue weighted by atomic mass is 16.4. The summed E-state index contributed by atoms with van der Waals surface area (Å²) in [5.41, 5.74) is 0.497. The molecule has 1 heterocycles. The molecule has 4 N–H and O–H groups in total. The second kappa shape index (κ2) is 6.74. The molecule has 1 aliphatic heterocycles. The maximum atomic E-state index is 11.9. The number of benzene rings is 1. The van der Waals surface area contributed by atoms with E-state index < -0.39 is 18.0 Å². The van der Waals surface area contributed by atoms with Crippen molar-refractivity contribution in [3.05, 3.63) is 35.9 Å². The minimum atomic E-state index is -1.13. The van der Waals surface area contributed by atoms with E-state index in [-0.39, 0.29) is 11.9 Å². The van der Waals surface area contributed by atoms with Gasteiger partial charge in [-0.15, -0.1) is 0 Å². The monoisotopic (exact) mass is 291 g/mol. The lowest BCUT2D eigenvalue weighted by molar-refractivity contribution is -0.139. The third-order valence-corrected chi connectivity index (χ3v) is 3.26. The molecule has 1 unspecified atom stereocenters. The minimum absolute atomic E-state index is 0.0406. The van der Waals surface area contributed by atoms with Crippen LogP contribution in [0.3, 0.4) is 0 Å². The molecule has 0 aliphatic carbocycles. The molecular formula is C14H17N3O4. The average molecular weight is 291 g/mol. The molecule has 0 radical (unpaired) electrons. The van der Waals surface area contributed by atoms with Crippen molar-refractivity contribution in [3.8, 4) is 0 Å². The van der Waals surface area contributed by atoms with Gasteiger partial charge in [-0.1, -0.05) is 30.3 Å². The Morgan fingerprint density at radius 3 is 2.57 bits per heavy atom. The maximum absolute atomic E-state index is 11.9. The number of carbonyl (C=O) groups excluding carboxylic acids is 2. The number of urea groups is 1. The van der Waals surface area contributed by atoms with Crippen molar-refractivity contribution in [2.45, 2.75) is 24.9 Å². The molecule has 1 fully saturated rings. The molecule has 2 rings (SSSR count). The standard InChI is InChI=1S/C14H17N3O4/c18-11-7-6-10(8-15-11)16-14(21)17-12(13(19)20)9-4-2-1-3-5-9/h1-5,10,12H,6-8H2,(H,15,18)(H,19,20)(H2,16,17,21)/t10?,12-/m0/s1. The fraction of sp³-hybridized carbons (Fsp3) is 0.357. The average Bonchev–Trinajstić information content (AvgIpc) is 2.48. The molecule has 0 bridgehead atoms. The first-order valence-corrected chi connectivity index (χ1v) is 6.67. The summed E-state index contributed by atoms with van der Waals surface area (Å²) < 4.78 is 0. The molecule has 1 aliphatic rings. The summed E-state index contributed by atoms with van der Waals surface area (Å²) in [7, 11) is 0. The predicted molar refractivity (Wildman–Crippen MR) is 74.5 cm³/mol. The zero-order valence-electron chi connectivity index (χ0n) is 11.3. The number of rotatable bonds is 4. The van der Waals surface area contributed by atoms with E-state index in [0.29, 0.717) is 24.9 Å². The number of nitrogens with one attached hydrogen (secondary N) is 3. The zero-order chi connectivity index (χ0) is 15.2. The van der Waals surface area contributed by atoms with E-state index in [4.69, 9.17) is 0 Å². The van der Waals surface area contributed by atoms with Crippen molar-refractivity contribution in [1.82, 2.24) is 16.0 Å². The van der Waals surface area contributed by atoms with E-state index in [2.05, 4.69) is 16.0 Å². The van der Waals surface area contributed by atoms with Gasteiger partial charge in [0.05, 0.1) is 0 Å². The third-order valence-electron chi connectivity index (χ3n) is 3.26. The van der Waals surface area contributed by atoms with Gasteiger partial charge in [-0.05, 0) is 12.0 Å². The Morgan fingerprint density at radius 2 is 2.00 bits per heavy atom. The van der Waals surface area contributed by atoms with Crippen molar-refractivity contribution in [1.29, 1.82) is 0 Å². The van der Waals surface area contributed by atoms with Crippen LogP contribution in [0.5, 0.6) is 0 Å². The summed E-state index contributed by atoms with van der Waals surface area (Å²) in [6.45, 7) is 0.356. The first-order chi connectivity index (χ1) is 10.1. The molecule has 1 saturated heterocycles. The molecule has 1 aromatic carbocycles. The van der Waals surface area contributed by atoms with Gasteiger partial charge in [0.15, 0.2) is 6.04 Å². The van der Waals surface area contributed by atoms with Crippen molar-refractivity contribution >= 4 is 17.9 Å². The first kappa shape index (κ1) is 14.8. The highest BCUT2D eigenvalue weighted by Gasteiger charge is 2.24. The molecule has 7 heteroatoms. The van der Waals surface area contributed by atoms with Gasteiger partial charge in [0.25, 0.3) is 0 Å². The van der Waals surface area contributed by atoms with Crippen LogP contribution in [0.25, 0.3) is 0 Å². The van der Waals surface area contributed by atoms with Gasteiger partial charge >= 0.3 is 12.0 Å². The van der Waals surface area contributed by atoms with Crippen LogP contribution in [0.2, 0.25) is 0 Å². The summed E-state index contributed by atoms with van der Waals surface area (Å²) in [5.74, 6) is -1.17. The molecule has 7 nitrogen and oxygen atoms in total. The summed E-state index contributed by atoms with van der Waals surface area (Å²) in [4.78, 5) is 34.2. The minimum Gasteiger partial charge on any atom is -0.479 e. The van der Waals surface area contributed by atoms with Crippen molar-refractivity contribution < 1.29 is 19.5 Å². The Bertz CT molecular complexity index is 522. The van der Waals surface area contributed by atoms with Crippen LogP contribution in [-0.2, 0) is 9.59 Å². The highest BCUT2D eigenvalue weighted by Crippen LogP contribution is 2.12. The van der Waals surface area contributed by atoms with Crippen LogP contribution in [0, 0.1) is 0 Å². The van der Waals surface area contributed by atoms with E-state index >= 15 is 0 Å². The van der Waals surface area contributed by atoms with Crippen LogP contribution < -0.4 is 16.0 Å². The van der Waals surface area contributed by atoms with Crippen LogP contribution in [0.1, 0.15) is 24.4 Å². The summed E-state index contributed by atoms with van der Waals surface area (Å²) in [5, 5.41) is 17.0. The van der Waals surface area contributed by atoms with Gasteiger partial charge in [-0.3, -0.25) is 4.79 Å². The molecule has 1 aromatic rings. The van der Waals surface area contributed by atoms with Crippen LogP contribution in [0.15, 0.2) is 30.3 Å². The number of amides is 3. The fourth-order valence-electron chi connectivity index (χ4n) is 2.15. The first-order valence-electron chi connectivity index (χ1n) is 6.67. The van der Waals surface area contributed by atoms with Gasteiger partial charge < -0.3 is 21.1 Å². The molecule has 0 saturated carbocycles. The van der Waals surface area contributed by atoms with Gasteiger partial charge in [0.1, 0.15) is 0 Å². The van der Waals surface area contributed by atoms with Gasteiger partial charge in [0.2, 0.25) is 5.91 Å². The molecular weight excluding hydrogens is 274 g/mol. The second-order valence-electron chi connectivity index (χ2n) is 4.84. The largest absolute Gasteiger partial charge is 0.479 e. The second-order valence-corrected chi connectivity index (χ2v) is 4.84. The quantitative estimate of drug-likeness (QED) is 0.643. The van der Waals surface area contributed by atoms with Crippen molar-refractivity contribution in [2.24, 2.45) is 0 Å². The maximum Gasteiger partial charge on any atom is 0.330 e. The van der Waals surface area contributed by atoms with E-state index in [1.165, 1.54) is 0 Å². The third kappa shape index (κ3) is 4.20. The van der Waals surface area contributed by atoms with E-state index in [9.17, 15) is 19.5 Å². The topological polar surface area (TPSA) is 108 Å². The number of carbonyl (C=O) groups is 3. The number of hydrogen-bond acceptors (Lipinski definition) is 3. The van der Waals surface area contributed by atoms with E-state index in [1.807, 2.05) is 0 Å². The number of aliphatic carboxylic acids is 1. The normalized spacial score (nSPS) is 19.2. The number of hydrogen-bond donors (Lipinski definition) is 4. The van der Waals surface area contributed by atoms with E-state index in [1.54, 1.807) is 30.3 Å². The van der Waals surface area contributed by atoms with Crippen LogP contribution >= 0.6 is 0 Å². The molecule has 112 valence electrons. The molecule has 21 heavy (non-hydrogen) atoms. The highest BCUT2D eigenvalue weighted by molar-refractivity contribution is 5.84. The van der Waals surface area contributed by atoms with Crippen molar-refractivity contribution in [2.75, 3.05) is 6.54 Å². The Labute approximate surface area is 121 Å². The van der Waals surface area contributed by atoms with Crippen molar-refractivity contribution in [3.63, 3.8) is 0 Å². The van der Waals surface area contributed by atoms with Crippen LogP contribution in [0.4, 0.5) is 4.79 Å². The predicted octanol–water partition coefficient (Wildman–Crippen LogP) is 0.390. The van der Waals surface area contributed by atoms with Crippen LogP contribution in [-0.4, -0.2) is 35.6 Å². The SMILES string of the molecule is O=C1CCC(NC(=O)N[C@H](C(=O)O)c2ccccc2)CN1. The molecule has 0 spiro atoms. The van der Waals surface area contributed by atoms with Gasteiger partial charge in [-0.25, -0.2) is 9.59 Å². The lowest BCUT2D eigenvalue weighted by Gasteiger charge is -2.24. The van der Waals surface area contributed by atoms with E-state index in [0.717, 1.165) is 0 Å². The Balaban J connectivity index is 1.93. The lowest BCUT2D eigenvalue weighted by Crippen LogP contribution is -2.51. The molecule has 2 atom stereocenters. The summed E-state index contributed by atoms with van der Waals surface area (Å²) in [6.07, 6.45) is 0.897. The summed E-state index contributed by atoms with van der Waals surface area (Å²) in [6, 6.07) is 6.61. The Kier molecular flexibility index (Phi) is 4.76. The Hall–Kier alpha value is -2.57. The fourth-order valence-corrected chi connectivity index (χ4v) is 2.15. The molecule has 0 aromatic heterocycles. The van der Waals surface area contributed by atoms with Gasteiger partial charge in [-0.2, -0.15) is 0 Å². The lowest BCUT2D eigenvalue weighted by atomic mass is 10.1. The zero-order valence-corrected chi connectivity index (χ0v) is 11.3. The number of carboxylic acids is 1. The molecule has 3 amide bonds. The smallest absolute Gasteiger partial charge is 0.330 e. The van der Waals surface area contributed by atoms with Gasteiger partial charge in [0, 0.05) is 19.0 Å². The number of carboxylic acid groups (broad SMARTS) is 1. The Morgan fingerprint density at radius 1 is 1.29 bits per heavy atom. The number of piperidine rings is 1. The summed E-state index contributed by atoms with van der Waals surface area (Å²) >= 11 is 0.